The summed E-state index contributed by atoms with van der Waals surface area (Å²) in [5, 5.41) is 8.45. The summed E-state index contributed by atoms with van der Waals surface area (Å²) >= 11 is 0. The second-order valence-corrected chi connectivity index (χ2v) is 10.5. The molecule has 0 unspecified atom stereocenters. The Hall–Kier alpha value is -3.09. The van der Waals surface area contributed by atoms with Gasteiger partial charge in [0.05, 0.1) is 23.5 Å². The zero-order valence-electron chi connectivity index (χ0n) is 20.3. The molecule has 7 heteroatoms. The fourth-order valence-corrected chi connectivity index (χ4v) is 4.96. The fraction of sp³-hybridized carbons (Fsp3) is 0.519. The Kier molecular flexibility index (Phi) is 6.19. The molecule has 2 fully saturated rings. The molecule has 0 spiro atoms. The first kappa shape index (κ1) is 22.7. The van der Waals surface area contributed by atoms with Crippen LogP contribution in [-0.2, 0) is 4.74 Å². The molecule has 0 bridgehead atoms. The van der Waals surface area contributed by atoms with Crippen LogP contribution in [0.25, 0.3) is 22.2 Å². The lowest BCUT2D eigenvalue weighted by atomic mass is 9.92. The molecular formula is C27H34N4O3. The van der Waals surface area contributed by atoms with Gasteiger partial charge in [-0.25, -0.2) is 4.79 Å². The molecule has 2 aromatic heterocycles. The second-order valence-electron chi connectivity index (χ2n) is 10.5. The molecular weight excluding hydrogens is 428 g/mol. The van der Waals surface area contributed by atoms with Gasteiger partial charge in [-0.1, -0.05) is 0 Å². The third-order valence-corrected chi connectivity index (χ3v) is 6.75. The Labute approximate surface area is 200 Å². The van der Waals surface area contributed by atoms with Crippen LogP contribution in [0.15, 0.2) is 36.5 Å². The average Bonchev–Trinajstić information content (AvgIpc) is 3.50. The lowest BCUT2D eigenvalue weighted by Gasteiger charge is -2.33. The average molecular weight is 463 g/mol. The molecule has 1 amide bonds. The van der Waals surface area contributed by atoms with E-state index in [2.05, 4.69) is 28.4 Å². The highest BCUT2D eigenvalue weighted by molar-refractivity contribution is 5.91. The number of benzene rings is 1. The van der Waals surface area contributed by atoms with Gasteiger partial charge >= 0.3 is 6.09 Å². The van der Waals surface area contributed by atoms with E-state index in [4.69, 9.17) is 14.5 Å². The number of likely N-dealkylation sites (tertiary alicyclic amines) is 1. The van der Waals surface area contributed by atoms with Crippen LogP contribution < -0.4 is 4.74 Å². The standard InChI is InChI=1S/C27H34N4O3/c1-27(2,3)34-26(32)31-14-12-18(13-15-31)23-16-20-17-28-30-25(20)24(29-23)19-8-10-22(11-9-19)33-21-6-4-5-7-21/h8-11,16-18,21H,4-7,12-15H2,1-3H3,(H,28,30). The summed E-state index contributed by atoms with van der Waals surface area (Å²) in [5.74, 6) is 1.21. The van der Waals surface area contributed by atoms with E-state index in [1.54, 1.807) is 0 Å². The van der Waals surface area contributed by atoms with Crippen LogP contribution in [0.2, 0.25) is 0 Å². The molecule has 1 aromatic carbocycles. The number of rotatable bonds is 4. The number of carbonyl (C=O) groups is 1. The summed E-state index contributed by atoms with van der Waals surface area (Å²) < 4.78 is 11.7. The van der Waals surface area contributed by atoms with E-state index in [9.17, 15) is 4.79 Å². The number of H-pyrrole nitrogens is 1. The molecule has 1 saturated carbocycles. The van der Waals surface area contributed by atoms with Crippen molar-refractivity contribution < 1.29 is 14.3 Å². The van der Waals surface area contributed by atoms with Crippen molar-refractivity contribution in [2.75, 3.05) is 13.1 Å². The molecule has 1 aliphatic heterocycles. The number of aromatic amines is 1. The first-order valence-electron chi connectivity index (χ1n) is 12.4. The monoisotopic (exact) mass is 462 g/mol. The third kappa shape index (κ3) is 5.03. The summed E-state index contributed by atoms with van der Waals surface area (Å²) in [4.78, 5) is 19.3. The normalized spacial score (nSPS) is 17.9. The maximum Gasteiger partial charge on any atom is 0.410 e. The van der Waals surface area contributed by atoms with Gasteiger partial charge in [-0.2, -0.15) is 5.10 Å². The topological polar surface area (TPSA) is 80.3 Å². The number of hydrogen-bond donors (Lipinski definition) is 1. The van der Waals surface area contributed by atoms with Crippen molar-refractivity contribution in [3.63, 3.8) is 0 Å². The van der Waals surface area contributed by atoms with Gasteiger partial charge < -0.3 is 14.4 Å². The third-order valence-electron chi connectivity index (χ3n) is 6.75. The van der Waals surface area contributed by atoms with Crippen molar-refractivity contribution in [2.24, 2.45) is 0 Å². The number of hydrogen-bond acceptors (Lipinski definition) is 5. The van der Waals surface area contributed by atoms with Crippen LogP contribution in [-0.4, -0.2) is 51.0 Å². The number of piperidine rings is 1. The Balaban J connectivity index is 1.33. The minimum absolute atomic E-state index is 0.232. The van der Waals surface area contributed by atoms with Crippen LogP contribution in [0.5, 0.6) is 5.75 Å². The lowest BCUT2D eigenvalue weighted by molar-refractivity contribution is 0.0204. The van der Waals surface area contributed by atoms with Crippen molar-refractivity contribution in [3.8, 4) is 17.0 Å². The highest BCUT2D eigenvalue weighted by Crippen LogP contribution is 2.34. The highest BCUT2D eigenvalue weighted by atomic mass is 16.6. The van der Waals surface area contributed by atoms with Gasteiger partial charge in [0.25, 0.3) is 0 Å². The summed E-state index contributed by atoms with van der Waals surface area (Å²) in [6, 6.07) is 10.4. The molecule has 1 aliphatic carbocycles. The van der Waals surface area contributed by atoms with E-state index in [1.807, 2.05) is 44.0 Å². The zero-order valence-corrected chi connectivity index (χ0v) is 20.3. The van der Waals surface area contributed by atoms with Crippen molar-refractivity contribution in [1.29, 1.82) is 0 Å². The Bertz CT molecular complexity index is 1130. The molecule has 0 radical (unpaired) electrons. The fourth-order valence-electron chi connectivity index (χ4n) is 4.96. The molecule has 5 rings (SSSR count). The van der Waals surface area contributed by atoms with Crippen molar-refractivity contribution >= 4 is 17.0 Å². The van der Waals surface area contributed by atoms with Gasteiger partial charge in [-0.3, -0.25) is 10.1 Å². The number of nitrogens with zero attached hydrogens (tertiary/aromatic N) is 3. The van der Waals surface area contributed by atoms with Gasteiger partial charge in [0.2, 0.25) is 0 Å². The summed E-state index contributed by atoms with van der Waals surface area (Å²) in [7, 11) is 0. The second kappa shape index (κ2) is 9.28. The first-order valence-corrected chi connectivity index (χ1v) is 12.4. The predicted octanol–water partition coefficient (Wildman–Crippen LogP) is 6.06. The van der Waals surface area contributed by atoms with Gasteiger partial charge in [-0.05, 0) is 89.6 Å². The molecule has 3 heterocycles. The quantitative estimate of drug-likeness (QED) is 0.510. The molecule has 0 atom stereocenters. The minimum Gasteiger partial charge on any atom is -0.490 e. The molecule has 1 N–H and O–H groups in total. The smallest absolute Gasteiger partial charge is 0.410 e. The number of amides is 1. The number of pyridine rings is 1. The predicted molar refractivity (Wildman–Crippen MR) is 132 cm³/mol. The van der Waals surface area contributed by atoms with Crippen LogP contribution in [0.1, 0.15) is 70.9 Å². The van der Waals surface area contributed by atoms with Gasteiger partial charge in [-0.15, -0.1) is 0 Å². The van der Waals surface area contributed by atoms with E-state index < -0.39 is 5.60 Å². The lowest BCUT2D eigenvalue weighted by Crippen LogP contribution is -2.41. The van der Waals surface area contributed by atoms with E-state index in [0.29, 0.717) is 25.1 Å². The highest BCUT2D eigenvalue weighted by Gasteiger charge is 2.28. The molecule has 3 aromatic rings. The molecule has 7 nitrogen and oxygen atoms in total. The van der Waals surface area contributed by atoms with Crippen LogP contribution in [0.4, 0.5) is 4.79 Å². The summed E-state index contributed by atoms with van der Waals surface area (Å²) in [5.41, 5.74) is 3.47. The minimum atomic E-state index is -0.478. The van der Waals surface area contributed by atoms with Crippen LogP contribution >= 0.6 is 0 Å². The zero-order chi connectivity index (χ0) is 23.7. The first-order chi connectivity index (χ1) is 16.4. The van der Waals surface area contributed by atoms with Crippen LogP contribution in [0, 0.1) is 0 Å². The number of fused-ring (bicyclic) bond motifs is 1. The Morgan fingerprint density at radius 2 is 1.76 bits per heavy atom. The molecule has 1 saturated heterocycles. The van der Waals surface area contributed by atoms with Crippen molar-refractivity contribution in [1.82, 2.24) is 20.1 Å². The number of carbonyl (C=O) groups excluding carboxylic acids is 1. The van der Waals surface area contributed by atoms with E-state index >= 15 is 0 Å². The number of ether oxygens (including phenoxy) is 2. The molecule has 180 valence electrons. The maximum absolute atomic E-state index is 12.4. The maximum atomic E-state index is 12.4. The van der Waals surface area contributed by atoms with Gasteiger partial charge in [0, 0.05) is 35.7 Å². The van der Waals surface area contributed by atoms with E-state index in [-0.39, 0.29) is 6.09 Å². The van der Waals surface area contributed by atoms with Crippen molar-refractivity contribution in [2.45, 2.75) is 76.9 Å². The van der Waals surface area contributed by atoms with E-state index in [0.717, 1.165) is 59.3 Å². The van der Waals surface area contributed by atoms with E-state index in [1.165, 1.54) is 12.8 Å². The largest absolute Gasteiger partial charge is 0.490 e. The van der Waals surface area contributed by atoms with Crippen molar-refractivity contribution in [3.05, 3.63) is 42.2 Å². The van der Waals surface area contributed by atoms with Crippen LogP contribution in [0.3, 0.4) is 0 Å². The molecule has 2 aliphatic rings. The van der Waals surface area contributed by atoms with Gasteiger partial charge in [0.1, 0.15) is 11.4 Å². The Morgan fingerprint density at radius 1 is 1.06 bits per heavy atom. The molecule has 34 heavy (non-hydrogen) atoms. The SMILES string of the molecule is CC(C)(C)OC(=O)N1CCC(c2cc3cn[nH]c3c(-c3ccc(OC4CCCC4)cc3)n2)CC1. The summed E-state index contributed by atoms with van der Waals surface area (Å²) in [6.07, 6.45) is 8.51. The number of nitrogens with one attached hydrogen (secondary N) is 1. The summed E-state index contributed by atoms with van der Waals surface area (Å²) in [6.45, 7) is 7.05. The Morgan fingerprint density at radius 3 is 2.44 bits per heavy atom. The number of aromatic nitrogens is 3. The van der Waals surface area contributed by atoms with Gasteiger partial charge in [0.15, 0.2) is 0 Å².